The number of pyridine rings is 1. The maximum Gasteiger partial charge on any atom is 0.256 e. The van der Waals surface area contributed by atoms with Gasteiger partial charge in [-0.2, -0.15) is 0 Å². The van der Waals surface area contributed by atoms with Crippen LogP contribution >= 0.6 is 0 Å². The van der Waals surface area contributed by atoms with Crippen molar-refractivity contribution in [3.05, 3.63) is 23.9 Å². The van der Waals surface area contributed by atoms with Gasteiger partial charge >= 0.3 is 0 Å². The quantitative estimate of drug-likeness (QED) is 0.739. The van der Waals surface area contributed by atoms with Crippen molar-refractivity contribution in [1.29, 1.82) is 0 Å². The van der Waals surface area contributed by atoms with E-state index in [4.69, 9.17) is 9.47 Å². The molecule has 1 aromatic heterocycles. The number of carbonyl (C=O) groups excluding carboxylic acids is 1. The fourth-order valence-corrected chi connectivity index (χ4v) is 2.80. The number of piperidine rings is 1. The lowest BCUT2D eigenvalue weighted by molar-refractivity contribution is 0.0929. The maximum absolute atomic E-state index is 12.3. The van der Waals surface area contributed by atoms with Gasteiger partial charge in [-0.3, -0.25) is 9.69 Å². The molecule has 1 amide bonds. The number of amides is 1. The lowest BCUT2D eigenvalue weighted by Gasteiger charge is -2.33. The third kappa shape index (κ3) is 5.48. The topological polar surface area (TPSA) is 63.7 Å². The van der Waals surface area contributed by atoms with Crippen LogP contribution < -0.4 is 10.1 Å². The first kappa shape index (κ1) is 17.7. The van der Waals surface area contributed by atoms with Crippen LogP contribution in [0.1, 0.15) is 36.5 Å². The Bertz CT molecular complexity index is 496. The van der Waals surface area contributed by atoms with Crippen LogP contribution in [0.2, 0.25) is 0 Å². The number of likely N-dealkylation sites (tertiary alicyclic amines) is 1. The molecule has 0 saturated carbocycles. The van der Waals surface area contributed by atoms with Crippen LogP contribution in [-0.4, -0.2) is 61.8 Å². The first-order chi connectivity index (χ1) is 11.2. The van der Waals surface area contributed by atoms with E-state index in [2.05, 4.69) is 22.1 Å². The standard InChI is InChI=1S/C17H27N3O3/c1-14-6-3-4-10-20(14)11-9-18-16(21)15-7-5-8-19-17(15)23-13-12-22-2/h5,7-8,14H,3-4,6,9-13H2,1-2H3,(H,18,21)/t14-/m0/s1. The van der Waals surface area contributed by atoms with Gasteiger partial charge in [-0.05, 0) is 38.4 Å². The molecule has 1 aliphatic heterocycles. The molecule has 0 unspecified atom stereocenters. The molecule has 0 bridgehead atoms. The van der Waals surface area contributed by atoms with Crippen molar-refractivity contribution in [1.82, 2.24) is 15.2 Å². The summed E-state index contributed by atoms with van der Waals surface area (Å²) < 4.78 is 10.5. The molecular formula is C17H27N3O3. The van der Waals surface area contributed by atoms with Gasteiger partial charge in [-0.25, -0.2) is 4.98 Å². The number of ether oxygens (including phenoxy) is 2. The highest BCUT2D eigenvalue weighted by Crippen LogP contribution is 2.16. The van der Waals surface area contributed by atoms with Gasteiger partial charge in [0.05, 0.1) is 6.61 Å². The van der Waals surface area contributed by atoms with Gasteiger partial charge in [-0.1, -0.05) is 6.42 Å². The molecule has 2 rings (SSSR count). The molecule has 2 heterocycles. The zero-order valence-electron chi connectivity index (χ0n) is 14.1. The molecule has 1 saturated heterocycles. The molecule has 1 fully saturated rings. The molecule has 23 heavy (non-hydrogen) atoms. The molecule has 1 aliphatic rings. The second-order valence-corrected chi connectivity index (χ2v) is 5.83. The Morgan fingerprint density at radius 1 is 1.43 bits per heavy atom. The van der Waals surface area contributed by atoms with Crippen LogP contribution in [0.25, 0.3) is 0 Å². The highest BCUT2D eigenvalue weighted by molar-refractivity contribution is 5.96. The largest absolute Gasteiger partial charge is 0.475 e. The van der Waals surface area contributed by atoms with Gasteiger partial charge in [0.25, 0.3) is 5.91 Å². The Labute approximate surface area is 138 Å². The van der Waals surface area contributed by atoms with Crippen molar-refractivity contribution in [2.75, 3.05) is 40.0 Å². The summed E-state index contributed by atoms with van der Waals surface area (Å²) in [4.78, 5) is 18.9. The Kier molecular flexibility index (Phi) is 7.29. The summed E-state index contributed by atoms with van der Waals surface area (Å²) >= 11 is 0. The van der Waals surface area contributed by atoms with Gasteiger partial charge in [0.1, 0.15) is 12.2 Å². The van der Waals surface area contributed by atoms with Crippen LogP contribution in [-0.2, 0) is 4.74 Å². The van der Waals surface area contributed by atoms with E-state index >= 15 is 0 Å². The predicted octanol–water partition coefficient (Wildman–Crippen LogP) is 1.71. The van der Waals surface area contributed by atoms with Crippen LogP contribution in [0.15, 0.2) is 18.3 Å². The van der Waals surface area contributed by atoms with E-state index in [1.165, 1.54) is 19.3 Å². The molecule has 6 heteroatoms. The monoisotopic (exact) mass is 321 g/mol. The predicted molar refractivity (Wildman–Crippen MR) is 88.8 cm³/mol. The molecule has 0 aliphatic carbocycles. The highest BCUT2D eigenvalue weighted by atomic mass is 16.5. The molecule has 1 atom stereocenters. The van der Waals surface area contributed by atoms with Crippen molar-refractivity contribution in [2.45, 2.75) is 32.2 Å². The fraction of sp³-hybridized carbons (Fsp3) is 0.647. The van der Waals surface area contributed by atoms with Gasteiger partial charge in [0.2, 0.25) is 5.88 Å². The van der Waals surface area contributed by atoms with Crippen molar-refractivity contribution < 1.29 is 14.3 Å². The number of carbonyl (C=O) groups is 1. The number of nitrogens with one attached hydrogen (secondary N) is 1. The second-order valence-electron chi connectivity index (χ2n) is 5.83. The minimum atomic E-state index is -0.143. The first-order valence-electron chi connectivity index (χ1n) is 8.31. The zero-order valence-corrected chi connectivity index (χ0v) is 14.1. The lowest BCUT2D eigenvalue weighted by Crippen LogP contribution is -2.42. The van der Waals surface area contributed by atoms with Gasteiger partial charge in [0.15, 0.2) is 0 Å². The van der Waals surface area contributed by atoms with Crippen molar-refractivity contribution in [3.8, 4) is 5.88 Å². The summed E-state index contributed by atoms with van der Waals surface area (Å²) in [5.74, 6) is 0.212. The van der Waals surface area contributed by atoms with E-state index in [1.807, 2.05) is 0 Å². The third-order valence-electron chi connectivity index (χ3n) is 4.17. The maximum atomic E-state index is 12.3. The number of methoxy groups -OCH3 is 1. The number of hydrogen-bond acceptors (Lipinski definition) is 5. The number of hydrogen-bond donors (Lipinski definition) is 1. The minimum absolute atomic E-state index is 0.143. The molecule has 0 spiro atoms. The Hall–Kier alpha value is -1.66. The molecule has 1 N–H and O–H groups in total. The van der Waals surface area contributed by atoms with Crippen molar-refractivity contribution in [3.63, 3.8) is 0 Å². The van der Waals surface area contributed by atoms with Crippen molar-refractivity contribution in [2.24, 2.45) is 0 Å². The van der Waals surface area contributed by atoms with E-state index in [0.29, 0.717) is 37.2 Å². The fourth-order valence-electron chi connectivity index (χ4n) is 2.80. The highest BCUT2D eigenvalue weighted by Gasteiger charge is 2.18. The summed E-state index contributed by atoms with van der Waals surface area (Å²) in [5, 5.41) is 2.97. The summed E-state index contributed by atoms with van der Waals surface area (Å²) in [7, 11) is 1.61. The number of rotatable bonds is 8. The van der Waals surface area contributed by atoms with Crippen LogP contribution in [0.3, 0.4) is 0 Å². The van der Waals surface area contributed by atoms with Gasteiger partial charge in [-0.15, -0.1) is 0 Å². The second kappa shape index (κ2) is 9.47. The number of nitrogens with zero attached hydrogens (tertiary/aromatic N) is 2. The van der Waals surface area contributed by atoms with E-state index < -0.39 is 0 Å². The third-order valence-corrected chi connectivity index (χ3v) is 4.17. The summed E-state index contributed by atoms with van der Waals surface area (Å²) in [6.45, 7) is 5.73. The molecule has 0 aromatic carbocycles. The van der Waals surface area contributed by atoms with Crippen LogP contribution in [0.5, 0.6) is 5.88 Å². The van der Waals surface area contributed by atoms with E-state index in [0.717, 1.165) is 13.1 Å². The Morgan fingerprint density at radius 2 is 2.30 bits per heavy atom. The summed E-state index contributed by atoms with van der Waals surface area (Å²) in [6, 6.07) is 4.07. The van der Waals surface area contributed by atoms with E-state index in [9.17, 15) is 4.79 Å². The molecule has 1 aromatic rings. The number of aromatic nitrogens is 1. The van der Waals surface area contributed by atoms with Gasteiger partial charge in [0, 0.05) is 32.4 Å². The normalized spacial score (nSPS) is 18.6. The first-order valence-corrected chi connectivity index (χ1v) is 8.31. The molecule has 6 nitrogen and oxygen atoms in total. The van der Waals surface area contributed by atoms with Crippen LogP contribution in [0, 0.1) is 0 Å². The summed E-state index contributed by atoms with van der Waals surface area (Å²) in [5.41, 5.74) is 0.468. The van der Waals surface area contributed by atoms with Crippen LogP contribution in [0.4, 0.5) is 0 Å². The van der Waals surface area contributed by atoms with E-state index in [-0.39, 0.29) is 5.91 Å². The zero-order chi connectivity index (χ0) is 16.5. The Balaban J connectivity index is 1.83. The minimum Gasteiger partial charge on any atom is -0.475 e. The summed E-state index contributed by atoms with van der Waals surface area (Å²) in [6.07, 6.45) is 5.42. The van der Waals surface area contributed by atoms with E-state index in [1.54, 1.807) is 25.4 Å². The molecular weight excluding hydrogens is 294 g/mol. The van der Waals surface area contributed by atoms with Crippen molar-refractivity contribution >= 4 is 5.91 Å². The average molecular weight is 321 g/mol. The smallest absolute Gasteiger partial charge is 0.256 e. The Morgan fingerprint density at radius 3 is 3.09 bits per heavy atom. The molecule has 0 radical (unpaired) electrons. The lowest BCUT2D eigenvalue weighted by atomic mass is 10.0. The van der Waals surface area contributed by atoms with Gasteiger partial charge < -0.3 is 14.8 Å². The SMILES string of the molecule is COCCOc1ncccc1C(=O)NCCN1CCCC[C@@H]1C. The average Bonchev–Trinajstić information content (AvgIpc) is 2.57. The molecule has 128 valence electrons.